The third-order valence-corrected chi connectivity index (χ3v) is 5.10. The monoisotopic (exact) mass is 316 g/mol. The van der Waals surface area contributed by atoms with E-state index in [4.69, 9.17) is 0 Å². The van der Waals surface area contributed by atoms with Gasteiger partial charge in [0.2, 0.25) is 0 Å². The summed E-state index contributed by atoms with van der Waals surface area (Å²) >= 11 is 0. The van der Waals surface area contributed by atoms with Crippen LogP contribution in [0.4, 0.5) is 0 Å². The van der Waals surface area contributed by atoms with Crippen molar-refractivity contribution in [3.8, 4) is 0 Å². The van der Waals surface area contributed by atoms with E-state index in [1.807, 2.05) is 19.4 Å². The predicted molar refractivity (Wildman–Crippen MR) is 97.8 cm³/mol. The van der Waals surface area contributed by atoms with Crippen LogP contribution in [0.2, 0.25) is 0 Å². The SMILES string of the molecule is CN=C(NCCc1ccncc1C)NC1CCC(C(C)C)CC1. The average Bonchev–Trinajstić information content (AvgIpc) is 2.56. The van der Waals surface area contributed by atoms with Gasteiger partial charge >= 0.3 is 0 Å². The first-order valence-electron chi connectivity index (χ1n) is 8.96. The highest BCUT2D eigenvalue weighted by Crippen LogP contribution is 2.29. The Hall–Kier alpha value is -1.58. The van der Waals surface area contributed by atoms with Crippen LogP contribution in [0, 0.1) is 18.8 Å². The zero-order valence-electron chi connectivity index (χ0n) is 15.1. The Morgan fingerprint density at radius 2 is 2.04 bits per heavy atom. The first-order valence-corrected chi connectivity index (χ1v) is 8.96. The number of hydrogen-bond donors (Lipinski definition) is 2. The van der Waals surface area contributed by atoms with Crippen molar-refractivity contribution in [3.05, 3.63) is 29.6 Å². The number of aliphatic imine (C=N–C) groups is 1. The van der Waals surface area contributed by atoms with Gasteiger partial charge in [0.25, 0.3) is 0 Å². The first-order chi connectivity index (χ1) is 11.1. The second kappa shape index (κ2) is 8.90. The molecule has 128 valence electrons. The maximum atomic E-state index is 4.37. The highest BCUT2D eigenvalue weighted by Gasteiger charge is 2.23. The van der Waals surface area contributed by atoms with Gasteiger partial charge in [0.15, 0.2) is 5.96 Å². The molecule has 4 heteroatoms. The second-order valence-corrected chi connectivity index (χ2v) is 7.05. The summed E-state index contributed by atoms with van der Waals surface area (Å²) in [6.45, 7) is 7.70. The second-order valence-electron chi connectivity index (χ2n) is 7.05. The molecule has 23 heavy (non-hydrogen) atoms. The van der Waals surface area contributed by atoms with Crippen molar-refractivity contribution in [2.75, 3.05) is 13.6 Å². The van der Waals surface area contributed by atoms with Crippen molar-refractivity contribution in [2.45, 2.75) is 58.9 Å². The molecule has 1 aromatic heterocycles. The fraction of sp³-hybridized carbons (Fsp3) is 0.684. The van der Waals surface area contributed by atoms with Crippen LogP contribution in [-0.2, 0) is 6.42 Å². The minimum absolute atomic E-state index is 0.568. The van der Waals surface area contributed by atoms with Gasteiger partial charge in [0.05, 0.1) is 0 Å². The fourth-order valence-corrected chi connectivity index (χ4v) is 3.42. The Labute approximate surface area is 141 Å². The van der Waals surface area contributed by atoms with Crippen LogP contribution in [0.1, 0.15) is 50.7 Å². The van der Waals surface area contributed by atoms with Crippen LogP contribution in [0.25, 0.3) is 0 Å². The summed E-state index contributed by atoms with van der Waals surface area (Å²) in [6, 6.07) is 2.67. The third-order valence-electron chi connectivity index (χ3n) is 5.10. The van der Waals surface area contributed by atoms with Gasteiger partial charge in [-0.3, -0.25) is 9.98 Å². The highest BCUT2D eigenvalue weighted by molar-refractivity contribution is 5.79. The van der Waals surface area contributed by atoms with E-state index in [1.54, 1.807) is 0 Å². The Balaban J connectivity index is 1.73. The number of pyridine rings is 1. The molecule has 1 aliphatic rings. The maximum absolute atomic E-state index is 4.37. The smallest absolute Gasteiger partial charge is 0.191 e. The lowest BCUT2D eigenvalue weighted by Gasteiger charge is -2.32. The Morgan fingerprint density at radius 1 is 1.30 bits per heavy atom. The number of rotatable bonds is 5. The van der Waals surface area contributed by atoms with Crippen molar-refractivity contribution < 1.29 is 0 Å². The highest BCUT2D eigenvalue weighted by atomic mass is 15.2. The van der Waals surface area contributed by atoms with Gasteiger partial charge < -0.3 is 10.6 Å². The minimum atomic E-state index is 0.568. The summed E-state index contributed by atoms with van der Waals surface area (Å²) in [7, 11) is 1.85. The zero-order valence-corrected chi connectivity index (χ0v) is 15.1. The van der Waals surface area contributed by atoms with Crippen molar-refractivity contribution in [1.29, 1.82) is 0 Å². The lowest BCUT2D eigenvalue weighted by molar-refractivity contribution is 0.250. The lowest BCUT2D eigenvalue weighted by atomic mass is 9.80. The summed E-state index contributed by atoms with van der Waals surface area (Å²) < 4.78 is 0. The van der Waals surface area contributed by atoms with Gasteiger partial charge in [-0.05, 0) is 68.1 Å². The van der Waals surface area contributed by atoms with Crippen molar-refractivity contribution in [2.24, 2.45) is 16.8 Å². The number of guanidine groups is 1. The molecule has 0 aliphatic heterocycles. The summed E-state index contributed by atoms with van der Waals surface area (Å²) in [5.74, 6) is 2.65. The molecule has 0 aromatic carbocycles. The maximum Gasteiger partial charge on any atom is 0.191 e. The minimum Gasteiger partial charge on any atom is -0.356 e. The molecule has 1 saturated carbocycles. The third kappa shape index (κ3) is 5.52. The molecular formula is C19H32N4. The fourth-order valence-electron chi connectivity index (χ4n) is 3.42. The largest absolute Gasteiger partial charge is 0.356 e. The normalized spacial score (nSPS) is 22.2. The van der Waals surface area contributed by atoms with Crippen molar-refractivity contribution in [1.82, 2.24) is 15.6 Å². The average molecular weight is 316 g/mol. The van der Waals surface area contributed by atoms with Crippen LogP contribution in [-0.4, -0.2) is 30.6 Å². The van der Waals surface area contributed by atoms with Crippen LogP contribution in [0.3, 0.4) is 0 Å². The molecule has 1 aromatic rings. The number of nitrogens with zero attached hydrogens (tertiary/aromatic N) is 2. The van der Waals surface area contributed by atoms with Gasteiger partial charge in [-0.15, -0.1) is 0 Å². The van der Waals surface area contributed by atoms with Crippen LogP contribution >= 0.6 is 0 Å². The van der Waals surface area contributed by atoms with E-state index in [0.717, 1.165) is 30.8 Å². The molecule has 4 nitrogen and oxygen atoms in total. The Kier molecular flexibility index (Phi) is 6.87. The number of hydrogen-bond acceptors (Lipinski definition) is 2. The van der Waals surface area contributed by atoms with Gasteiger partial charge in [0.1, 0.15) is 0 Å². The van der Waals surface area contributed by atoms with E-state index in [2.05, 4.69) is 47.4 Å². The Bertz CT molecular complexity index is 502. The van der Waals surface area contributed by atoms with Crippen LogP contribution in [0.5, 0.6) is 0 Å². The van der Waals surface area contributed by atoms with E-state index >= 15 is 0 Å². The molecule has 0 atom stereocenters. The molecule has 0 radical (unpaired) electrons. The molecular weight excluding hydrogens is 284 g/mol. The quantitative estimate of drug-likeness (QED) is 0.647. The van der Waals surface area contributed by atoms with Gasteiger partial charge in [-0.1, -0.05) is 13.8 Å². The molecule has 2 N–H and O–H groups in total. The van der Waals surface area contributed by atoms with Crippen molar-refractivity contribution >= 4 is 5.96 Å². The molecule has 1 aliphatic carbocycles. The first kappa shape index (κ1) is 17.8. The van der Waals surface area contributed by atoms with Crippen LogP contribution < -0.4 is 10.6 Å². The summed E-state index contributed by atoms with van der Waals surface area (Å²) in [4.78, 5) is 8.52. The van der Waals surface area contributed by atoms with Crippen LogP contribution in [0.15, 0.2) is 23.5 Å². The molecule has 0 amide bonds. The summed E-state index contributed by atoms with van der Waals surface area (Å²) in [5, 5.41) is 7.04. The van der Waals surface area contributed by atoms with E-state index in [9.17, 15) is 0 Å². The molecule has 0 saturated heterocycles. The van der Waals surface area contributed by atoms with Gasteiger partial charge in [-0.2, -0.15) is 0 Å². The molecule has 0 unspecified atom stereocenters. The van der Waals surface area contributed by atoms with Crippen molar-refractivity contribution in [3.63, 3.8) is 0 Å². The van der Waals surface area contributed by atoms with Gasteiger partial charge in [-0.25, -0.2) is 0 Å². The summed E-state index contributed by atoms with van der Waals surface area (Å²) in [5.41, 5.74) is 2.60. The molecule has 0 spiro atoms. The van der Waals surface area contributed by atoms with E-state index in [-0.39, 0.29) is 0 Å². The number of aromatic nitrogens is 1. The predicted octanol–water partition coefficient (Wildman–Crippen LogP) is 3.31. The summed E-state index contributed by atoms with van der Waals surface area (Å²) in [6.07, 6.45) is 9.97. The standard InChI is InChI=1S/C19H32N4/c1-14(2)16-5-7-18(8-6-16)23-19(20-4)22-12-10-17-9-11-21-13-15(17)3/h9,11,13-14,16,18H,5-8,10,12H2,1-4H3,(H2,20,22,23). The Morgan fingerprint density at radius 3 is 2.65 bits per heavy atom. The van der Waals surface area contributed by atoms with Gasteiger partial charge in [0, 0.05) is 32.0 Å². The molecule has 1 fully saturated rings. The number of nitrogens with one attached hydrogen (secondary N) is 2. The topological polar surface area (TPSA) is 49.3 Å². The van der Waals surface area contributed by atoms with E-state index in [1.165, 1.54) is 36.8 Å². The van der Waals surface area contributed by atoms with E-state index in [0.29, 0.717) is 6.04 Å². The van der Waals surface area contributed by atoms with E-state index < -0.39 is 0 Å². The molecule has 2 rings (SSSR count). The molecule has 1 heterocycles. The lowest BCUT2D eigenvalue weighted by Crippen LogP contribution is -2.45. The zero-order chi connectivity index (χ0) is 16.7. The molecule has 0 bridgehead atoms. The number of aryl methyl sites for hydroxylation is 1.